The van der Waals surface area contributed by atoms with Crippen LogP contribution < -0.4 is 9.62 Å². The van der Waals surface area contributed by atoms with Gasteiger partial charge in [-0.25, -0.2) is 8.42 Å². The summed E-state index contributed by atoms with van der Waals surface area (Å²) in [6.45, 7) is 2.39. The quantitative estimate of drug-likeness (QED) is 0.149. The molecule has 2 unspecified atom stereocenters. The number of sulfonamides is 1. The zero-order valence-electron chi connectivity index (χ0n) is 26.4. The Kier molecular flexibility index (Phi) is 12.6. The molecule has 0 fully saturated rings. The van der Waals surface area contributed by atoms with Gasteiger partial charge in [0.05, 0.1) is 21.2 Å². The van der Waals surface area contributed by atoms with Crippen molar-refractivity contribution in [3.8, 4) is 0 Å². The summed E-state index contributed by atoms with van der Waals surface area (Å²) in [5, 5.41) is 3.06. The van der Waals surface area contributed by atoms with Crippen LogP contribution in [-0.2, 0) is 38.8 Å². The number of nitrogens with zero attached hydrogens (tertiary/aromatic N) is 2. The Balaban J connectivity index is 1.89. The summed E-state index contributed by atoms with van der Waals surface area (Å²) in [5.41, 5.74) is -0.654. The third-order valence-electron chi connectivity index (χ3n) is 7.78. The number of nitrogens with one attached hydrogen (secondary N) is 1. The Morgan fingerprint density at radius 2 is 1.49 bits per heavy atom. The number of amides is 2. The molecule has 4 rings (SSSR count). The lowest BCUT2D eigenvalue weighted by Crippen LogP contribution is -2.54. The van der Waals surface area contributed by atoms with E-state index in [1.165, 1.54) is 35.2 Å². The molecule has 0 radical (unpaired) electrons. The van der Waals surface area contributed by atoms with E-state index < -0.39 is 51.9 Å². The summed E-state index contributed by atoms with van der Waals surface area (Å²) in [6, 6.07) is 21.1. The van der Waals surface area contributed by atoms with Crippen LogP contribution in [0.3, 0.4) is 0 Å². The van der Waals surface area contributed by atoms with Crippen LogP contribution >= 0.6 is 34.8 Å². The Bertz CT molecular complexity index is 1880. The number of anilines is 1. The molecule has 1 N–H and O–H groups in total. The number of benzene rings is 4. The second-order valence-electron chi connectivity index (χ2n) is 11.3. The highest BCUT2D eigenvalue weighted by molar-refractivity contribution is 7.92. The molecule has 0 aliphatic carbocycles. The maximum Gasteiger partial charge on any atom is 0.416 e. The van der Waals surface area contributed by atoms with Gasteiger partial charge in [-0.05, 0) is 66.9 Å². The molecule has 0 saturated heterocycles. The lowest BCUT2D eigenvalue weighted by atomic mass is 10.0. The van der Waals surface area contributed by atoms with Crippen LogP contribution in [0.5, 0.6) is 0 Å². The number of alkyl halides is 3. The SMILES string of the molecule is CCC(C)NC(=O)C(Cc1ccccc1)N(Cc1ccc(Cl)cc1Cl)C(=O)CN(c1cc(C(F)(F)F)ccc1Cl)S(=O)(=O)c1ccccc1. The van der Waals surface area contributed by atoms with Crippen molar-refractivity contribution in [1.82, 2.24) is 10.2 Å². The average Bonchev–Trinajstić information content (AvgIpc) is 3.06. The lowest BCUT2D eigenvalue weighted by Gasteiger charge is -2.34. The molecule has 0 aromatic heterocycles. The molecule has 2 atom stereocenters. The van der Waals surface area contributed by atoms with Gasteiger partial charge in [-0.3, -0.25) is 13.9 Å². The summed E-state index contributed by atoms with van der Waals surface area (Å²) >= 11 is 19.0. The van der Waals surface area contributed by atoms with Gasteiger partial charge in [-0.2, -0.15) is 13.2 Å². The van der Waals surface area contributed by atoms with Gasteiger partial charge in [0.15, 0.2) is 0 Å². The second kappa shape index (κ2) is 16.3. The predicted molar refractivity (Wildman–Crippen MR) is 186 cm³/mol. The summed E-state index contributed by atoms with van der Waals surface area (Å²) in [6.07, 6.45) is -4.24. The first-order valence-corrected chi connectivity index (χ1v) is 17.7. The molecular formula is C35H33Cl3F3N3O4S. The molecule has 7 nitrogen and oxygen atoms in total. The van der Waals surface area contributed by atoms with Gasteiger partial charge in [-0.1, -0.05) is 96.3 Å². The molecule has 0 saturated carbocycles. The van der Waals surface area contributed by atoms with Crippen molar-refractivity contribution in [2.45, 2.75) is 56.4 Å². The number of carbonyl (C=O) groups excluding carboxylic acids is 2. The van der Waals surface area contributed by atoms with E-state index in [9.17, 15) is 31.2 Å². The Labute approximate surface area is 298 Å². The molecule has 4 aromatic rings. The zero-order valence-corrected chi connectivity index (χ0v) is 29.5. The lowest BCUT2D eigenvalue weighted by molar-refractivity contribution is -0.140. The first kappa shape index (κ1) is 38.0. The molecule has 4 aromatic carbocycles. The number of carbonyl (C=O) groups is 2. The van der Waals surface area contributed by atoms with Crippen molar-refractivity contribution in [2.24, 2.45) is 0 Å². The normalized spacial score (nSPS) is 13.0. The van der Waals surface area contributed by atoms with E-state index in [1.807, 2.05) is 6.92 Å². The van der Waals surface area contributed by atoms with Gasteiger partial charge >= 0.3 is 6.18 Å². The Morgan fingerprint density at radius 1 is 0.857 bits per heavy atom. The highest BCUT2D eigenvalue weighted by Gasteiger charge is 2.37. The highest BCUT2D eigenvalue weighted by Crippen LogP contribution is 2.37. The van der Waals surface area contributed by atoms with Crippen molar-refractivity contribution in [3.63, 3.8) is 0 Å². The van der Waals surface area contributed by atoms with Gasteiger partial charge < -0.3 is 10.2 Å². The van der Waals surface area contributed by atoms with Crippen molar-refractivity contribution in [3.05, 3.63) is 129 Å². The van der Waals surface area contributed by atoms with E-state index in [-0.39, 0.29) is 33.9 Å². The van der Waals surface area contributed by atoms with Crippen molar-refractivity contribution in [1.29, 1.82) is 0 Å². The maximum absolute atomic E-state index is 14.6. The van der Waals surface area contributed by atoms with Crippen molar-refractivity contribution in [2.75, 3.05) is 10.8 Å². The highest BCUT2D eigenvalue weighted by atomic mass is 35.5. The van der Waals surface area contributed by atoms with Gasteiger partial charge in [0, 0.05) is 29.1 Å². The largest absolute Gasteiger partial charge is 0.416 e. The number of rotatable bonds is 13. The fraction of sp³-hybridized carbons (Fsp3) is 0.257. The molecular weight excluding hydrogens is 722 g/mol. The van der Waals surface area contributed by atoms with Crippen LogP contribution in [0.15, 0.2) is 102 Å². The molecule has 260 valence electrons. The molecule has 49 heavy (non-hydrogen) atoms. The minimum Gasteiger partial charge on any atom is -0.352 e. The first-order valence-electron chi connectivity index (χ1n) is 15.1. The predicted octanol–water partition coefficient (Wildman–Crippen LogP) is 8.42. The average molecular weight is 755 g/mol. The zero-order chi connectivity index (χ0) is 35.9. The van der Waals surface area contributed by atoms with E-state index in [2.05, 4.69) is 5.32 Å². The Hall–Kier alpha value is -3.77. The van der Waals surface area contributed by atoms with Crippen molar-refractivity contribution >= 4 is 62.3 Å². The maximum atomic E-state index is 14.6. The van der Waals surface area contributed by atoms with Crippen LogP contribution in [-0.4, -0.2) is 43.8 Å². The van der Waals surface area contributed by atoms with Crippen LogP contribution in [0.2, 0.25) is 15.1 Å². The van der Waals surface area contributed by atoms with E-state index >= 15 is 0 Å². The third-order valence-corrected chi connectivity index (χ3v) is 10.5. The monoisotopic (exact) mass is 753 g/mol. The summed E-state index contributed by atoms with van der Waals surface area (Å²) < 4.78 is 70.4. The fourth-order valence-electron chi connectivity index (χ4n) is 4.94. The second-order valence-corrected chi connectivity index (χ2v) is 14.4. The molecule has 0 aliphatic rings. The molecule has 0 aliphatic heterocycles. The van der Waals surface area contributed by atoms with E-state index in [0.717, 1.165) is 6.07 Å². The molecule has 0 heterocycles. The van der Waals surface area contributed by atoms with Crippen LogP contribution in [0.1, 0.15) is 37.0 Å². The van der Waals surface area contributed by atoms with E-state index in [4.69, 9.17) is 34.8 Å². The first-order chi connectivity index (χ1) is 23.1. The van der Waals surface area contributed by atoms with Gasteiger partial charge in [-0.15, -0.1) is 0 Å². The topological polar surface area (TPSA) is 86.8 Å². The smallest absolute Gasteiger partial charge is 0.352 e. The number of halogens is 6. The molecule has 0 bridgehead atoms. The van der Waals surface area contributed by atoms with Crippen LogP contribution in [0.25, 0.3) is 0 Å². The van der Waals surface area contributed by atoms with Crippen LogP contribution in [0.4, 0.5) is 18.9 Å². The molecule has 14 heteroatoms. The van der Waals surface area contributed by atoms with E-state index in [1.54, 1.807) is 55.5 Å². The number of hydrogen-bond donors (Lipinski definition) is 1. The Morgan fingerprint density at radius 3 is 2.08 bits per heavy atom. The summed E-state index contributed by atoms with van der Waals surface area (Å²) in [5.74, 6) is -1.43. The van der Waals surface area contributed by atoms with Crippen LogP contribution in [0, 0.1) is 0 Å². The van der Waals surface area contributed by atoms with E-state index in [0.29, 0.717) is 39.0 Å². The van der Waals surface area contributed by atoms with Gasteiger partial charge in [0.25, 0.3) is 10.0 Å². The third kappa shape index (κ3) is 9.69. The minimum absolute atomic E-state index is 0.0236. The summed E-state index contributed by atoms with van der Waals surface area (Å²) in [7, 11) is -4.69. The molecule has 0 spiro atoms. The molecule has 2 amide bonds. The number of hydrogen-bond acceptors (Lipinski definition) is 4. The van der Waals surface area contributed by atoms with Gasteiger partial charge in [0.2, 0.25) is 11.8 Å². The minimum atomic E-state index is -4.85. The summed E-state index contributed by atoms with van der Waals surface area (Å²) in [4.78, 5) is 29.4. The fourth-order valence-corrected chi connectivity index (χ4v) is 7.13. The standard InChI is InChI=1S/C35H33Cl3F3N3O4S/c1-3-23(2)42-34(46)32(18-24-10-6-4-7-11-24)43(21-25-14-16-27(36)20-30(25)38)33(45)22-44(49(47,48)28-12-8-5-9-13-28)31-19-26(35(39,40)41)15-17-29(31)37/h4-17,19-20,23,32H,3,18,21-22H2,1-2H3,(H,42,46). The van der Waals surface area contributed by atoms with Gasteiger partial charge in [0.1, 0.15) is 12.6 Å². The van der Waals surface area contributed by atoms with Crippen molar-refractivity contribution < 1.29 is 31.2 Å².